The minimum atomic E-state index is 0.597. The second-order valence-electron chi connectivity index (χ2n) is 4.45. The number of thioether (sulfide) groups is 1. The third-order valence-electron chi connectivity index (χ3n) is 2.88. The van der Waals surface area contributed by atoms with Gasteiger partial charge in [-0.05, 0) is 24.1 Å². The van der Waals surface area contributed by atoms with E-state index in [1.54, 1.807) is 13.2 Å². The van der Waals surface area contributed by atoms with Gasteiger partial charge in [0.1, 0.15) is 12.0 Å². The molecule has 1 atom stereocenters. The van der Waals surface area contributed by atoms with Gasteiger partial charge in [0, 0.05) is 22.1 Å². The van der Waals surface area contributed by atoms with Gasteiger partial charge in [-0.1, -0.05) is 20.8 Å². The van der Waals surface area contributed by atoms with Crippen LogP contribution in [0.3, 0.4) is 0 Å². The Balaban J connectivity index is 2.77. The van der Waals surface area contributed by atoms with Gasteiger partial charge in [0.15, 0.2) is 0 Å². The Morgan fingerprint density at radius 2 is 2.06 bits per heavy atom. The van der Waals surface area contributed by atoms with E-state index in [0.717, 1.165) is 23.4 Å². The number of methoxy groups -OCH3 is 1. The Bertz CT molecular complexity index is 374. The maximum absolute atomic E-state index is 10.8. The van der Waals surface area contributed by atoms with Crippen molar-refractivity contribution >= 4 is 18.0 Å². The summed E-state index contributed by atoms with van der Waals surface area (Å²) in [5, 5.41) is 0.597. The molecule has 0 amide bonds. The first kappa shape index (κ1) is 14.1. The molecule has 94 valence electrons. The van der Waals surface area contributed by atoms with Crippen LogP contribution in [-0.4, -0.2) is 18.6 Å². The Morgan fingerprint density at radius 1 is 1.35 bits per heavy atom. The number of hydrogen-bond donors (Lipinski definition) is 0. The molecular formula is C14H20O2S. The highest BCUT2D eigenvalue weighted by Gasteiger charge is 2.10. The zero-order chi connectivity index (χ0) is 12.8. The minimum Gasteiger partial charge on any atom is -0.496 e. The number of hydrogen-bond acceptors (Lipinski definition) is 3. The largest absolute Gasteiger partial charge is 0.496 e. The van der Waals surface area contributed by atoms with Crippen molar-refractivity contribution in [2.24, 2.45) is 5.92 Å². The molecule has 0 N–H and O–H groups in total. The molecule has 0 aromatic heterocycles. The second-order valence-corrected chi connectivity index (χ2v) is 5.81. The van der Waals surface area contributed by atoms with Crippen molar-refractivity contribution in [1.82, 2.24) is 0 Å². The summed E-state index contributed by atoms with van der Waals surface area (Å²) in [5.41, 5.74) is 1.80. The third kappa shape index (κ3) is 4.08. The van der Waals surface area contributed by atoms with Crippen molar-refractivity contribution in [3.05, 3.63) is 29.3 Å². The molecule has 3 heteroatoms. The molecule has 0 heterocycles. The summed E-state index contributed by atoms with van der Waals surface area (Å²) in [4.78, 5) is 10.8. The van der Waals surface area contributed by atoms with E-state index >= 15 is 0 Å². The fourth-order valence-electron chi connectivity index (χ4n) is 1.40. The molecule has 0 fully saturated rings. The summed E-state index contributed by atoms with van der Waals surface area (Å²) in [6.07, 6.45) is 0.874. The molecule has 0 bridgehead atoms. The summed E-state index contributed by atoms with van der Waals surface area (Å²) in [6.45, 7) is 6.67. The van der Waals surface area contributed by atoms with E-state index < -0.39 is 0 Å². The number of carbonyl (C=O) groups excluding carboxylic acids is 1. The van der Waals surface area contributed by atoms with E-state index in [0.29, 0.717) is 16.7 Å². The van der Waals surface area contributed by atoms with E-state index in [2.05, 4.69) is 20.8 Å². The van der Waals surface area contributed by atoms with Gasteiger partial charge in [-0.25, -0.2) is 0 Å². The first-order valence-corrected chi connectivity index (χ1v) is 6.87. The van der Waals surface area contributed by atoms with Crippen LogP contribution in [0.25, 0.3) is 0 Å². The van der Waals surface area contributed by atoms with E-state index in [-0.39, 0.29) is 0 Å². The van der Waals surface area contributed by atoms with Crippen molar-refractivity contribution in [2.45, 2.75) is 31.8 Å². The van der Waals surface area contributed by atoms with Gasteiger partial charge in [0.05, 0.1) is 7.11 Å². The molecule has 17 heavy (non-hydrogen) atoms. The summed E-state index contributed by atoms with van der Waals surface area (Å²) >= 11 is 1.89. The van der Waals surface area contributed by atoms with Crippen LogP contribution >= 0.6 is 11.8 Å². The number of aldehydes is 1. The van der Waals surface area contributed by atoms with Crippen molar-refractivity contribution in [3.63, 3.8) is 0 Å². The van der Waals surface area contributed by atoms with Gasteiger partial charge < -0.3 is 4.74 Å². The summed E-state index contributed by atoms with van der Waals surface area (Å²) in [6, 6.07) is 5.55. The molecule has 0 saturated heterocycles. The predicted octanol–water partition coefficient (Wildman–Crippen LogP) is 3.79. The molecule has 2 nitrogen and oxygen atoms in total. The summed E-state index contributed by atoms with van der Waals surface area (Å²) in [7, 11) is 1.66. The molecule has 1 aromatic rings. The zero-order valence-electron chi connectivity index (χ0n) is 10.9. The molecule has 0 aliphatic carbocycles. The molecule has 1 rings (SSSR count). The van der Waals surface area contributed by atoms with Gasteiger partial charge in [0.2, 0.25) is 0 Å². The highest BCUT2D eigenvalue weighted by atomic mass is 32.2. The predicted molar refractivity (Wildman–Crippen MR) is 74.0 cm³/mol. The topological polar surface area (TPSA) is 26.3 Å². The van der Waals surface area contributed by atoms with Crippen LogP contribution in [0.15, 0.2) is 18.2 Å². The van der Waals surface area contributed by atoms with Crippen LogP contribution in [0.5, 0.6) is 5.75 Å². The van der Waals surface area contributed by atoms with Gasteiger partial charge in [-0.3, -0.25) is 4.79 Å². The third-order valence-corrected chi connectivity index (χ3v) is 4.43. The summed E-state index contributed by atoms with van der Waals surface area (Å²) in [5.74, 6) is 2.39. The Hall–Kier alpha value is -0.960. The van der Waals surface area contributed by atoms with Gasteiger partial charge in [-0.15, -0.1) is 0 Å². The fraction of sp³-hybridized carbons (Fsp3) is 0.500. The molecule has 1 unspecified atom stereocenters. The average molecular weight is 252 g/mol. The molecule has 0 aliphatic heterocycles. The Kier molecular flexibility index (Phi) is 5.56. The van der Waals surface area contributed by atoms with Crippen molar-refractivity contribution in [1.29, 1.82) is 0 Å². The standard InChI is InChI=1S/C14H20O2S/c1-10(2)11(3)17-9-13-7-12(8-15)5-6-14(13)16-4/h5-8,10-11H,9H2,1-4H3. The second kappa shape index (κ2) is 6.70. The van der Waals surface area contributed by atoms with Gasteiger partial charge in [0.25, 0.3) is 0 Å². The molecule has 0 radical (unpaired) electrons. The molecule has 0 spiro atoms. The molecule has 1 aromatic carbocycles. The van der Waals surface area contributed by atoms with E-state index in [1.165, 1.54) is 0 Å². The molecular weight excluding hydrogens is 232 g/mol. The maximum Gasteiger partial charge on any atom is 0.150 e. The minimum absolute atomic E-state index is 0.597. The normalized spacial score (nSPS) is 12.5. The van der Waals surface area contributed by atoms with Gasteiger partial charge >= 0.3 is 0 Å². The maximum atomic E-state index is 10.8. The quantitative estimate of drug-likeness (QED) is 0.721. The highest BCUT2D eigenvalue weighted by Crippen LogP contribution is 2.28. The lowest BCUT2D eigenvalue weighted by Gasteiger charge is -2.16. The monoisotopic (exact) mass is 252 g/mol. The average Bonchev–Trinajstić information content (AvgIpc) is 2.35. The van der Waals surface area contributed by atoms with Crippen molar-refractivity contribution in [3.8, 4) is 5.75 Å². The van der Waals surface area contributed by atoms with Crippen molar-refractivity contribution < 1.29 is 9.53 Å². The highest BCUT2D eigenvalue weighted by molar-refractivity contribution is 7.99. The fourth-order valence-corrected chi connectivity index (χ4v) is 2.45. The Morgan fingerprint density at radius 3 is 2.59 bits per heavy atom. The van der Waals surface area contributed by atoms with Crippen LogP contribution < -0.4 is 4.74 Å². The van der Waals surface area contributed by atoms with Crippen LogP contribution in [0.2, 0.25) is 0 Å². The number of rotatable bonds is 6. The molecule has 0 saturated carbocycles. The number of ether oxygens (including phenoxy) is 1. The Labute approximate surface area is 108 Å². The lowest BCUT2D eigenvalue weighted by Crippen LogP contribution is -2.06. The van der Waals surface area contributed by atoms with Crippen LogP contribution in [-0.2, 0) is 5.75 Å². The lowest BCUT2D eigenvalue weighted by atomic mass is 10.1. The van der Waals surface area contributed by atoms with E-state index in [4.69, 9.17) is 4.74 Å². The SMILES string of the molecule is COc1ccc(C=O)cc1CSC(C)C(C)C. The summed E-state index contributed by atoms with van der Waals surface area (Å²) < 4.78 is 5.31. The smallest absolute Gasteiger partial charge is 0.150 e. The van der Waals surface area contributed by atoms with Crippen LogP contribution in [0, 0.1) is 5.92 Å². The lowest BCUT2D eigenvalue weighted by molar-refractivity contribution is 0.112. The first-order valence-electron chi connectivity index (χ1n) is 5.82. The first-order chi connectivity index (χ1) is 8.08. The molecule has 0 aliphatic rings. The van der Waals surface area contributed by atoms with Gasteiger partial charge in [-0.2, -0.15) is 11.8 Å². The number of benzene rings is 1. The van der Waals surface area contributed by atoms with Crippen molar-refractivity contribution in [2.75, 3.05) is 7.11 Å². The van der Waals surface area contributed by atoms with Crippen LogP contribution in [0.4, 0.5) is 0 Å². The zero-order valence-corrected chi connectivity index (χ0v) is 11.7. The van der Waals surface area contributed by atoms with Crippen LogP contribution in [0.1, 0.15) is 36.7 Å². The van der Waals surface area contributed by atoms with E-state index in [9.17, 15) is 4.79 Å². The number of carbonyl (C=O) groups is 1. The van der Waals surface area contributed by atoms with E-state index in [1.807, 2.05) is 23.9 Å².